The number of carbonyl (C=O) groups is 2. The number of aliphatic carboxylic acids is 2. The summed E-state index contributed by atoms with van der Waals surface area (Å²) in [6, 6.07) is 0. The molecule has 4 nitrogen and oxygen atoms in total. The first-order valence-corrected chi connectivity index (χ1v) is 8.52. The first-order chi connectivity index (χ1) is 10.4. The molecule has 2 N–H and O–H groups in total. The molecule has 0 aromatic heterocycles. The average Bonchev–Trinajstić information content (AvgIpc) is 2.46. The first-order valence-electron chi connectivity index (χ1n) is 8.52. The fourth-order valence-corrected chi connectivity index (χ4v) is 4.60. The van der Waals surface area contributed by atoms with Crippen LogP contribution in [0.4, 0.5) is 0 Å². The molecule has 2 aliphatic carbocycles. The van der Waals surface area contributed by atoms with Crippen LogP contribution >= 0.6 is 0 Å². The molecule has 0 aromatic carbocycles. The van der Waals surface area contributed by atoms with Crippen molar-refractivity contribution in [1.82, 2.24) is 0 Å². The Kier molecular flexibility index (Phi) is 5.65. The summed E-state index contributed by atoms with van der Waals surface area (Å²) in [5.41, 5.74) is 0. The van der Waals surface area contributed by atoms with Crippen molar-refractivity contribution in [3.8, 4) is 0 Å². The number of allylic oxidation sites excluding steroid dienone is 2. The van der Waals surface area contributed by atoms with Gasteiger partial charge in [-0.1, -0.05) is 26.0 Å². The summed E-state index contributed by atoms with van der Waals surface area (Å²) in [6.07, 6.45) is 8.51. The lowest BCUT2D eigenvalue weighted by atomic mass is 9.57. The molecule has 2 rings (SSSR count). The van der Waals surface area contributed by atoms with Crippen LogP contribution in [-0.2, 0) is 9.59 Å². The second-order valence-electron chi connectivity index (χ2n) is 7.21. The van der Waals surface area contributed by atoms with Gasteiger partial charge >= 0.3 is 11.9 Å². The highest BCUT2D eigenvalue weighted by atomic mass is 16.4. The average molecular weight is 308 g/mol. The van der Waals surface area contributed by atoms with E-state index in [2.05, 4.69) is 26.0 Å². The fraction of sp³-hybridized carbons (Fsp3) is 0.778. The van der Waals surface area contributed by atoms with Crippen LogP contribution < -0.4 is 0 Å². The SMILES string of the molecule is CC1C=CC2C(CCC(=O)O)C(CCC(=O)O)CCC2C1C. The van der Waals surface area contributed by atoms with E-state index >= 15 is 0 Å². The zero-order chi connectivity index (χ0) is 16.3. The molecule has 6 unspecified atom stereocenters. The monoisotopic (exact) mass is 308 g/mol. The zero-order valence-corrected chi connectivity index (χ0v) is 13.6. The summed E-state index contributed by atoms with van der Waals surface area (Å²) < 4.78 is 0. The van der Waals surface area contributed by atoms with Crippen LogP contribution in [0.3, 0.4) is 0 Å². The Morgan fingerprint density at radius 2 is 1.64 bits per heavy atom. The van der Waals surface area contributed by atoms with Crippen molar-refractivity contribution in [1.29, 1.82) is 0 Å². The quantitative estimate of drug-likeness (QED) is 0.732. The molecule has 2 aliphatic rings. The van der Waals surface area contributed by atoms with E-state index in [0.717, 1.165) is 12.8 Å². The molecule has 0 amide bonds. The van der Waals surface area contributed by atoms with Crippen LogP contribution in [0.1, 0.15) is 52.4 Å². The molecule has 0 radical (unpaired) electrons. The summed E-state index contributed by atoms with van der Waals surface area (Å²) in [6.45, 7) is 4.55. The maximum absolute atomic E-state index is 11.0. The predicted molar refractivity (Wildman–Crippen MR) is 84.4 cm³/mol. The van der Waals surface area contributed by atoms with E-state index in [0.29, 0.717) is 48.3 Å². The van der Waals surface area contributed by atoms with Crippen LogP contribution in [0.5, 0.6) is 0 Å². The van der Waals surface area contributed by atoms with E-state index in [1.807, 2.05) is 0 Å². The van der Waals surface area contributed by atoms with Gasteiger partial charge < -0.3 is 10.2 Å². The third kappa shape index (κ3) is 3.90. The maximum atomic E-state index is 11.0. The molecule has 6 atom stereocenters. The number of hydrogen-bond acceptors (Lipinski definition) is 2. The summed E-state index contributed by atoms with van der Waals surface area (Å²) in [4.78, 5) is 21.9. The zero-order valence-electron chi connectivity index (χ0n) is 13.6. The molecule has 0 bridgehead atoms. The summed E-state index contributed by atoms with van der Waals surface area (Å²) >= 11 is 0. The van der Waals surface area contributed by atoms with Crippen LogP contribution in [-0.4, -0.2) is 22.2 Å². The topological polar surface area (TPSA) is 74.6 Å². The predicted octanol–water partition coefficient (Wildman–Crippen LogP) is 3.82. The highest BCUT2D eigenvalue weighted by molar-refractivity contribution is 5.67. The van der Waals surface area contributed by atoms with E-state index in [-0.39, 0.29) is 12.8 Å². The van der Waals surface area contributed by atoms with E-state index in [1.54, 1.807) is 0 Å². The maximum Gasteiger partial charge on any atom is 0.303 e. The van der Waals surface area contributed by atoms with Gasteiger partial charge in [-0.25, -0.2) is 0 Å². The van der Waals surface area contributed by atoms with Crippen molar-refractivity contribution in [2.24, 2.45) is 35.5 Å². The van der Waals surface area contributed by atoms with Crippen molar-refractivity contribution >= 4 is 11.9 Å². The second kappa shape index (κ2) is 7.30. The lowest BCUT2D eigenvalue weighted by Gasteiger charge is -2.47. The molecule has 1 fully saturated rings. The van der Waals surface area contributed by atoms with Gasteiger partial charge in [0.2, 0.25) is 0 Å². The van der Waals surface area contributed by atoms with Crippen molar-refractivity contribution in [2.75, 3.05) is 0 Å². The smallest absolute Gasteiger partial charge is 0.303 e. The molecular weight excluding hydrogens is 280 g/mol. The highest BCUT2D eigenvalue weighted by Crippen LogP contribution is 2.50. The Labute approximate surface area is 132 Å². The van der Waals surface area contributed by atoms with Crippen LogP contribution in [0.25, 0.3) is 0 Å². The van der Waals surface area contributed by atoms with Crippen molar-refractivity contribution < 1.29 is 19.8 Å². The van der Waals surface area contributed by atoms with Crippen LogP contribution in [0.2, 0.25) is 0 Å². The Hall–Kier alpha value is -1.32. The summed E-state index contributed by atoms with van der Waals surface area (Å²) in [5.74, 6) is 1.43. The highest BCUT2D eigenvalue weighted by Gasteiger charge is 2.42. The lowest BCUT2D eigenvalue weighted by Crippen LogP contribution is -2.40. The Bertz CT molecular complexity index is 442. The second-order valence-corrected chi connectivity index (χ2v) is 7.21. The lowest BCUT2D eigenvalue weighted by molar-refractivity contribution is -0.139. The van der Waals surface area contributed by atoms with Crippen molar-refractivity contribution in [3.05, 3.63) is 12.2 Å². The van der Waals surface area contributed by atoms with Crippen LogP contribution in [0.15, 0.2) is 12.2 Å². The normalized spacial score (nSPS) is 37.5. The van der Waals surface area contributed by atoms with Gasteiger partial charge in [0.25, 0.3) is 0 Å². The van der Waals surface area contributed by atoms with Gasteiger partial charge in [0.15, 0.2) is 0 Å². The number of hydrogen-bond donors (Lipinski definition) is 2. The molecule has 0 aromatic rings. The molecule has 0 saturated heterocycles. The third-order valence-electron chi connectivity index (χ3n) is 6.03. The number of fused-ring (bicyclic) bond motifs is 1. The summed E-state index contributed by atoms with van der Waals surface area (Å²) in [5, 5.41) is 18.0. The number of rotatable bonds is 6. The first kappa shape index (κ1) is 17.0. The van der Waals surface area contributed by atoms with Gasteiger partial charge in [0, 0.05) is 12.8 Å². The summed E-state index contributed by atoms with van der Waals surface area (Å²) in [7, 11) is 0. The molecule has 1 saturated carbocycles. The Morgan fingerprint density at radius 3 is 2.27 bits per heavy atom. The van der Waals surface area contributed by atoms with Gasteiger partial charge in [-0.3, -0.25) is 9.59 Å². The third-order valence-corrected chi connectivity index (χ3v) is 6.03. The minimum atomic E-state index is -0.750. The van der Waals surface area contributed by atoms with Crippen molar-refractivity contribution in [3.63, 3.8) is 0 Å². The molecule has 4 heteroatoms. The molecular formula is C18H28O4. The molecule has 0 spiro atoms. The van der Waals surface area contributed by atoms with E-state index in [4.69, 9.17) is 10.2 Å². The molecule has 0 aliphatic heterocycles. The number of carboxylic acids is 2. The number of carboxylic acid groups (broad SMARTS) is 2. The van der Waals surface area contributed by atoms with Gasteiger partial charge in [0.1, 0.15) is 0 Å². The van der Waals surface area contributed by atoms with Crippen LogP contribution in [0, 0.1) is 35.5 Å². The molecule has 22 heavy (non-hydrogen) atoms. The fourth-order valence-electron chi connectivity index (χ4n) is 4.60. The van der Waals surface area contributed by atoms with Gasteiger partial charge in [0.05, 0.1) is 0 Å². The van der Waals surface area contributed by atoms with Gasteiger partial charge in [-0.15, -0.1) is 0 Å². The van der Waals surface area contributed by atoms with E-state index in [9.17, 15) is 9.59 Å². The largest absolute Gasteiger partial charge is 0.481 e. The standard InChI is InChI=1S/C18H28O4/c1-11-3-6-16-14(12(11)2)7-4-13(5-9-17(19)20)15(16)8-10-18(21)22/h3,6,11-16H,4-5,7-10H2,1-2H3,(H,19,20)(H,21,22). The Morgan fingerprint density at radius 1 is 1.00 bits per heavy atom. The Balaban J connectivity index is 2.13. The van der Waals surface area contributed by atoms with E-state index in [1.165, 1.54) is 0 Å². The molecule has 124 valence electrons. The van der Waals surface area contributed by atoms with Gasteiger partial charge in [-0.05, 0) is 61.2 Å². The van der Waals surface area contributed by atoms with Crippen molar-refractivity contribution in [2.45, 2.75) is 52.4 Å². The minimum Gasteiger partial charge on any atom is -0.481 e. The molecule has 0 heterocycles. The van der Waals surface area contributed by atoms with E-state index < -0.39 is 11.9 Å². The van der Waals surface area contributed by atoms with Gasteiger partial charge in [-0.2, -0.15) is 0 Å². The minimum absolute atomic E-state index is 0.190.